The van der Waals surface area contributed by atoms with E-state index < -0.39 is 0 Å². The molecule has 0 atom stereocenters. The Morgan fingerprint density at radius 2 is 1.80 bits per heavy atom. The molecule has 3 nitrogen and oxygen atoms in total. The lowest BCUT2D eigenvalue weighted by atomic mass is 10.0. The van der Waals surface area contributed by atoms with Crippen LogP contribution in [0.1, 0.15) is 11.3 Å². The van der Waals surface area contributed by atoms with E-state index in [2.05, 4.69) is 0 Å². The zero-order valence-corrected chi connectivity index (χ0v) is 11.1. The van der Waals surface area contributed by atoms with Gasteiger partial charge >= 0.3 is 0 Å². The minimum atomic E-state index is -0.302. The maximum atomic E-state index is 12.8. The predicted molar refractivity (Wildman–Crippen MR) is 78.6 cm³/mol. The summed E-state index contributed by atoms with van der Waals surface area (Å²) in [5.74, 6) is 0.305. The van der Waals surface area contributed by atoms with E-state index in [0.29, 0.717) is 22.3 Å². The summed E-state index contributed by atoms with van der Waals surface area (Å²) in [5, 5.41) is 10.1. The number of aliphatic hydroxyl groups excluding tert-OH is 1. The molecular weight excluding hydrogens is 252 g/mol. The normalized spacial score (nSPS) is 10.9. The van der Waals surface area contributed by atoms with Crippen LogP contribution in [-0.2, 0) is 6.61 Å². The Morgan fingerprint density at radius 1 is 1.05 bits per heavy atom. The van der Waals surface area contributed by atoms with Gasteiger partial charge in [0.2, 0.25) is 5.43 Å². The highest BCUT2D eigenvalue weighted by molar-refractivity contribution is 5.85. The minimum absolute atomic E-state index is 0.0976. The molecule has 3 heteroatoms. The van der Waals surface area contributed by atoms with Crippen molar-refractivity contribution < 1.29 is 9.52 Å². The maximum absolute atomic E-state index is 12.8. The Labute approximate surface area is 116 Å². The fourth-order valence-corrected chi connectivity index (χ4v) is 2.46. The molecule has 1 aromatic heterocycles. The SMILES string of the molecule is Cc1cccc2oc(CO)c(-c3ccccc3)c(=O)c12. The highest BCUT2D eigenvalue weighted by Crippen LogP contribution is 2.25. The number of aliphatic hydroxyl groups is 1. The van der Waals surface area contributed by atoms with Gasteiger partial charge in [-0.1, -0.05) is 42.5 Å². The average molecular weight is 266 g/mol. The van der Waals surface area contributed by atoms with Crippen LogP contribution in [0.3, 0.4) is 0 Å². The Bertz CT molecular complexity index is 817. The molecule has 2 aromatic carbocycles. The lowest BCUT2D eigenvalue weighted by Crippen LogP contribution is -2.10. The van der Waals surface area contributed by atoms with Crippen molar-refractivity contribution in [2.45, 2.75) is 13.5 Å². The Kier molecular flexibility index (Phi) is 3.12. The van der Waals surface area contributed by atoms with E-state index in [1.165, 1.54) is 0 Å². The molecule has 1 heterocycles. The van der Waals surface area contributed by atoms with Crippen LogP contribution in [0.4, 0.5) is 0 Å². The van der Waals surface area contributed by atoms with Crippen LogP contribution >= 0.6 is 0 Å². The highest BCUT2D eigenvalue weighted by atomic mass is 16.4. The summed E-state index contributed by atoms with van der Waals surface area (Å²) in [6, 6.07) is 14.8. The number of benzene rings is 2. The summed E-state index contributed by atoms with van der Waals surface area (Å²) in [5.41, 5.74) is 2.49. The quantitative estimate of drug-likeness (QED) is 0.774. The molecule has 3 aromatic rings. The van der Waals surface area contributed by atoms with Gasteiger partial charge in [-0.15, -0.1) is 0 Å². The molecule has 0 saturated heterocycles. The van der Waals surface area contributed by atoms with Crippen molar-refractivity contribution in [1.29, 1.82) is 0 Å². The molecule has 20 heavy (non-hydrogen) atoms. The second-order valence-corrected chi connectivity index (χ2v) is 4.70. The van der Waals surface area contributed by atoms with Crippen LogP contribution in [0.2, 0.25) is 0 Å². The van der Waals surface area contributed by atoms with Gasteiger partial charge in [0.1, 0.15) is 18.0 Å². The van der Waals surface area contributed by atoms with Crippen molar-refractivity contribution in [3.05, 3.63) is 70.1 Å². The molecule has 0 radical (unpaired) electrons. The van der Waals surface area contributed by atoms with Crippen LogP contribution in [0, 0.1) is 6.92 Å². The Balaban J connectivity index is 2.45. The lowest BCUT2D eigenvalue weighted by Gasteiger charge is -2.09. The van der Waals surface area contributed by atoms with Crippen molar-refractivity contribution in [2.24, 2.45) is 0 Å². The van der Waals surface area contributed by atoms with Crippen molar-refractivity contribution in [3.63, 3.8) is 0 Å². The van der Waals surface area contributed by atoms with Gasteiger partial charge in [0, 0.05) is 0 Å². The molecule has 3 rings (SSSR count). The average Bonchev–Trinajstić information content (AvgIpc) is 2.47. The molecule has 0 saturated carbocycles. The lowest BCUT2D eigenvalue weighted by molar-refractivity contribution is 0.250. The first kappa shape index (κ1) is 12.6. The van der Waals surface area contributed by atoms with E-state index in [0.717, 1.165) is 11.1 Å². The third-order valence-corrected chi connectivity index (χ3v) is 3.41. The van der Waals surface area contributed by atoms with E-state index in [4.69, 9.17) is 4.42 Å². The smallest absolute Gasteiger partial charge is 0.201 e. The van der Waals surface area contributed by atoms with E-state index in [1.807, 2.05) is 49.4 Å². The van der Waals surface area contributed by atoms with E-state index in [9.17, 15) is 9.90 Å². The first-order chi connectivity index (χ1) is 9.72. The van der Waals surface area contributed by atoms with Gasteiger partial charge in [-0.05, 0) is 24.1 Å². The van der Waals surface area contributed by atoms with Crippen LogP contribution in [0.15, 0.2) is 57.7 Å². The summed E-state index contributed by atoms with van der Waals surface area (Å²) in [7, 11) is 0. The van der Waals surface area contributed by atoms with Crippen LogP contribution in [0.5, 0.6) is 0 Å². The first-order valence-corrected chi connectivity index (χ1v) is 6.44. The number of fused-ring (bicyclic) bond motifs is 1. The number of hydrogen-bond donors (Lipinski definition) is 1. The van der Waals surface area contributed by atoms with Crippen LogP contribution < -0.4 is 5.43 Å². The first-order valence-electron chi connectivity index (χ1n) is 6.44. The minimum Gasteiger partial charge on any atom is -0.458 e. The van der Waals surface area contributed by atoms with Gasteiger partial charge in [0.25, 0.3) is 0 Å². The van der Waals surface area contributed by atoms with Gasteiger partial charge in [-0.3, -0.25) is 4.79 Å². The highest BCUT2D eigenvalue weighted by Gasteiger charge is 2.16. The summed E-state index contributed by atoms with van der Waals surface area (Å²) in [4.78, 5) is 12.8. The number of hydrogen-bond acceptors (Lipinski definition) is 3. The number of aryl methyl sites for hydroxylation is 1. The molecule has 0 unspecified atom stereocenters. The van der Waals surface area contributed by atoms with E-state index >= 15 is 0 Å². The van der Waals surface area contributed by atoms with Gasteiger partial charge in [-0.2, -0.15) is 0 Å². The monoisotopic (exact) mass is 266 g/mol. The fourth-order valence-electron chi connectivity index (χ4n) is 2.46. The molecule has 1 N–H and O–H groups in total. The van der Waals surface area contributed by atoms with Crippen molar-refractivity contribution in [2.75, 3.05) is 0 Å². The molecular formula is C17H14O3. The molecule has 0 bridgehead atoms. The van der Waals surface area contributed by atoms with Gasteiger partial charge in [0.05, 0.1) is 10.9 Å². The van der Waals surface area contributed by atoms with Crippen molar-refractivity contribution in [1.82, 2.24) is 0 Å². The Hall–Kier alpha value is -2.39. The predicted octanol–water partition coefficient (Wildman–Crippen LogP) is 3.26. The van der Waals surface area contributed by atoms with Gasteiger partial charge < -0.3 is 9.52 Å². The van der Waals surface area contributed by atoms with Gasteiger partial charge in [-0.25, -0.2) is 0 Å². The molecule has 0 fully saturated rings. The maximum Gasteiger partial charge on any atom is 0.201 e. The number of rotatable bonds is 2. The second kappa shape index (κ2) is 4.94. The molecule has 100 valence electrons. The summed E-state index contributed by atoms with van der Waals surface area (Å²) in [6.45, 7) is 1.58. The molecule has 0 aliphatic carbocycles. The molecule has 0 amide bonds. The van der Waals surface area contributed by atoms with E-state index in [1.54, 1.807) is 6.07 Å². The molecule has 0 aliphatic rings. The van der Waals surface area contributed by atoms with Gasteiger partial charge in [0.15, 0.2) is 0 Å². The summed E-state index contributed by atoms with van der Waals surface area (Å²) in [6.07, 6.45) is 0. The third kappa shape index (κ3) is 1.92. The fraction of sp³-hybridized carbons (Fsp3) is 0.118. The standard InChI is InChI=1S/C17H14O3/c1-11-6-5-9-13-15(11)17(19)16(14(10-18)20-13)12-7-3-2-4-8-12/h2-9,18H,10H2,1H3. The topological polar surface area (TPSA) is 50.4 Å². The van der Waals surface area contributed by atoms with Crippen molar-refractivity contribution >= 4 is 11.0 Å². The van der Waals surface area contributed by atoms with E-state index in [-0.39, 0.29) is 12.0 Å². The zero-order valence-electron chi connectivity index (χ0n) is 11.1. The van der Waals surface area contributed by atoms with Crippen LogP contribution in [-0.4, -0.2) is 5.11 Å². The largest absolute Gasteiger partial charge is 0.458 e. The third-order valence-electron chi connectivity index (χ3n) is 3.41. The van der Waals surface area contributed by atoms with Crippen LogP contribution in [0.25, 0.3) is 22.1 Å². The summed E-state index contributed by atoms with van der Waals surface area (Å²) < 4.78 is 5.71. The Morgan fingerprint density at radius 3 is 2.50 bits per heavy atom. The summed E-state index contributed by atoms with van der Waals surface area (Å²) >= 11 is 0. The second-order valence-electron chi connectivity index (χ2n) is 4.70. The van der Waals surface area contributed by atoms with Crippen molar-refractivity contribution in [3.8, 4) is 11.1 Å². The zero-order chi connectivity index (χ0) is 14.1. The molecule has 0 spiro atoms. The molecule has 0 aliphatic heterocycles.